The Bertz CT molecular complexity index is 1210. The number of pyridine rings is 1. The maximum absolute atomic E-state index is 12.6. The van der Waals surface area contributed by atoms with Gasteiger partial charge in [-0.25, -0.2) is 9.78 Å². The smallest absolute Gasteiger partial charge is 0.324 e. The van der Waals surface area contributed by atoms with Crippen molar-refractivity contribution in [2.45, 2.75) is 6.92 Å². The molecule has 0 spiro atoms. The second-order valence-electron chi connectivity index (χ2n) is 8.52. The average molecular weight is 478 g/mol. The van der Waals surface area contributed by atoms with Crippen molar-refractivity contribution in [1.82, 2.24) is 15.2 Å². The number of carbonyl (C=O) groups is 1. The van der Waals surface area contributed by atoms with Crippen LogP contribution in [0.5, 0.6) is 5.75 Å². The number of aromatic hydroxyl groups is 1. The Morgan fingerprint density at radius 1 is 1.00 bits per heavy atom. The minimum absolute atomic E-state index is 0.0278. The summed E-state index contributed by atoms with van der Waals surface area (Å²) >= 11 is 6.62. The van der Waals surface area contributed by atoms with E-state index < -0.39 is 0 Å². The maximum atomic E-state index is 12.6. The van der Waals surface area contributed by atoms with Gasteiger partial charge in [-0.3, -0.25) is 4.90 Å². The molecule has 2 N–H and O–H groups in total. The number of aromatic nitrogens is 1. The third-order valence-corrected chi connectivity index (χ3v) is 6.86. The largest absolute Gasteiger partial charge is 0.507 e. The minimum Gasteiger partial charge on any atom is -0.507 e. The number of nitrogens with zero attached hydrogens (tertiary/aromatic N) is 4. The number of hydrogen-bond acceptors (Lipinski definition) is 5. The van der Waals surface area contributed by atoms with E-state index >= 15 is 0 Å². The van der Waals surface area contributed by atoms with Gasteiger partial charge < -0.3 is 20.2 Å². The zero-order valence-electron chi connectivity index (χ0n) is 19.2. The number of benzene rings is 2. The number of amides is 2. The summed E-state index contributed by atoms with van der Waals surface area (Å²) in [4.78, 5) is 22.9. The number of hydrogen-bond donors (Lipinski definition) is 2. The van der Waals surface area contributed by atoms with Gasteiger partial charge in [0.15, 0.2) is 0 Å². The number of likely N-dealkylation sites (N-methyl/N-ethyl adjacent to an activating group) is 1. The van der Waals surface area contributed by atoms with Crippen LogP contribution in [-0.2, 0) is 0 Å². The number of urea groups is 1. The number of piperazine rings is 1. The van der Waals surface area contributed by atoms with Gasteiger partial charge >= 0.3 is 6.03 Å². The number of nitrogens with one attached hydrogen (secondary N) is 1. The van der Waals surface area contributed by atoms with Gasteiger partial charge in [0.05, 0.1) is 10.7 Å². The molecule has 2 aliphatic rings. The molecule has 0 radical (unpaired) electrons. The van der Waals surface area contributed by atoms with Gasteiger partial charge in [0.2, 0.25) is 0 Å². The molecule has 0 aliphatic carbocycles. The molecule has 2 saturated heterocycles. The molecular weight excluding hydrogens is 450 g/mol. The number of rotatable bonds is 5. The summed E-state index contributed by atoms with van der Waals surface area (Å²) in [5, 5.41) is 15.1. The van der Waals surface area contributed by atoms with Gasteiger partial charge in [-0.15, -0.1) is 0 Å². The van der Waals surface area contributed by atoms with Crippen molar-refractivity contribution < 1.29 is 9.90 Å². The van der Waals surface area contributed by atoms with Crippen molar-refractivity contribution in [2.75, 3.05) is 55.6 Å². The van der Waals surface area contributed by atoms with E-state index in [0.29, 0.717) is 35.9 Å². The lowest BCUT2D eigenvalue weighted by Gasteiger charge is -2.28. The molecule has 34 heavy (non-hydrogen) atoms. The van der Waals surface area contributed by atoms with Crippen molar-refractivity contribution in [3.05, 3.63) is 59.8 Å². The number of carbonyl (C=O) groups excluding carboxylic acids is 1. The van der Waals surface area contributed by atoms with Crippen molar-refractivity contribution in [3.8, 4) is 28.0 Å². The van der Waals surface area contributed by atoms with E-state index in [1.54, 1.807) is 16.0 Å². The van der Waals surface area contributed by atoms with E-state index in [1.807, 2.05) is 55.5 Å². The summed E-state index contributed by atoms with van der Waals surface area (Å²) in [6, 6.07) is 15.2. The third kappa shape index (κ3) is 4.17. The molecule has 2 amide bonds. The summed E-state index contributed by atoms with van der Waals surface area (Å²) in [6.45, 7) is 7.63. The highest BCUT2D eigenvalue weighted by atomic mass is 35.5. The highest BCUT2D eigenvalue weighted by Crippen LogP contribution is 2.41. The Morgan fingerprint density at radius 3 is 2.41 bits per heavy atom. The number of para-hydroxylation sites is 1. The van der Waals surface area contributed by atoms with E-state index in [1.165, 1.54) is 0 Å². The highest BCUT2D eigenvalue weighted by molar-refractivity contribution is 6.34. The topological polar surface area (TPSA) is 71.9 Å². The standard InChI is InChI=1S/C26H28ClN5O2/c1-2-30-14-15-32(26(30)34)23-7-6-18(16-22(23)27)20-4-3-5-21(25(20)33)19-8-9-29-24(17-19)31-12-10-28-11-13-31/h3-9,16-17,28,33H,2,10-15H2,1H3. The van der Waals surface area contributed by atoms with Crippen LogP contribution < -0.4 is 15.1 Å². The summed E-state index contributed by atoms with van der Waals surface area (Å²) in [5.74, 6) is 1.10. The zero-order valence-corrected chi connectivity index (χ0v) is 19.9. The maximum Gasteiger partial charge on any atom is 0.324 e. The van der Waals surface area contributed by atoms with Crippen molar-refractivity contribution in [3.63, 3.8) is 0 Å². The molecule has 8 heteroatoms. The van der Waals surface area contributed by atoms with Crippen molar-refractivity contribution >= 4 is 29.1 Å². The Balaban J connectivity index is 1.45. The monoisotopic (exact) mass is 477 g/mol. The first kappa shape index (κ1) is 22.5. The molecule has 0 atom stereocenters. The van der Waals surface area contributed by atoms with Gasteiger partial charge in [-0.1, -0.05) is 35.9 Å². The Hall–Kier alpha value is -3.29. The number of anilines is 2. The zero-order chi connectivity index (χ0) is 23.7. The fourth-order valence-electron chi connectivity index (χ4n) is 4.66. The lowest BCUT2D eigenvalue weighted by molar-refractivity contribution is 0.223. The van der Waals surface area contributed by atoms with Crippen LogP contribution in [-0.4, -0.2) is 66.8 Å². The normalized spacial score (nSPS) is 16.4. The van der Waals surface area contributed by atoms with Gasteiger partial charge in [-0.05, 0) is 42.3 Å². The molecule has 0 saturated carbocycles. The number of halogens is 1. The Kier molecular flexibility index (Phi) is 6.30. The van der Waals surface area contributed by atoms with E-state index in [9.17, 15) is 9.90 Å². The van der Waals surface area contributed by atoms with Crippen LogP contribution in [0.1, 0.15) is 6.92 Å². The lowest BCUT2D eigenvalue weighted by Crippen LogP contribution is -2.43. The molecule has 3 heterocycles. The molecule has 7 nitrogen and oxygen atoms in total. The Morgan fingerprint density at radius 2 is 1.74 bits per heavy atom. The molecule has 0 unspecified atom stereocenters. The van der Waals surface area contributed by atoms with E-state index in [-0.39, 0.29) is 11.8 Å². The summed E-state index contributed by atoms with van der Waals surface area (Å²) < 4.78 is 0. The SMILES string of the molecule is CCN1CCN(c2ccc(-c3cccc(-c4ccnc(N5CCNCC5)c4)c3O)cc2Cl)C1=O. The molecular formula is C26H28ClN5O2. The van der Waals surface area contributed by atoms with Crippen LogP contribution >= 0.6 is 11.6 Å². The van der Waals surface area contributed by atoms with Gasteiger partial charge in [0.1, 0.15) is 11.6 Å². The predicted octanol–water partition coefficient (Wildman–Crippen LogP) is 4.45. The molecule has 2 aromatic carbocycles. The molecule has 1 aromatic heterocycles. The predicted molar refractivity (Wildman–Crippen MR) is 137 cm³/mol. The second-order valence-corrected chi connectivity index (χ2v) is 8.93. The number of phenolic OH excluding ortho intramolecular Hbond substituents is 1. The quantitative estimate of drug-likeness (QED) is 0.568. The molecule has 0 bridgehead atoms. The van der Waals surface area contributed by atoms with Crippen LogP contribution in [0.4, 0.5) is 16.3 Å². The van der Waals surface area contributed by atoms with Gasteiger partial charge in [-0.2, -0.15) is 0 Å². The van der Waals surface area contributed by atoms with Gasteiger partial charge in [0, 0.05) is 63.1 Å². The van der Waals surface area contributed by atoms with Crippen LogP contribution in [0, 0.1) is 0 Å². The summed E-state index contributed by atoms with van der Waals surface area (Å²) in [5.41, 5.74) is 3.83. The first-order chi connectivity index (χ1) is 16.6. The van der Waals surface area contributed by atoms with Crippen molar-refractivity contribution in [2.24, 2.45) is 0 Å². The molecule has 5 rings (SSSR count). The van der Waals surface area contributed by atoms with Crippen LogP contribution in [0.15, 0.2) is 54.7 Å². The van der Waals surface area contributed by atoms with E-state index in [2.05, 4.69) is 15.2 Å². The van der Waals surface area contributed by atoms with Gasteiger partial charge in [0.25, 0.3) is 0 Å². The second kappa shape index (κ2) is 9.52. The molecule has 2 aliphatic heterocycles. The average Bonchev–Trinajstić information content (AvgIpc) is 3.24. The van der Waals surface area contributed by atoms with Crippen LogP contribution in [0.25, 0.3) is 22.3 Å². The highest BCUT2D eigenvalue weighted by Gasteiger charge is 2.29. The van der Waals surface area contributed by atoms with E-state index in [4.69, 9.17) is 11.6 Å². The molecule has 176 valence electrons. The Labute approximate surface area is 204 Å². The van der Waals surface area contributed by atoms with E-state index in [0.717, 1.165) is 48.7 Å². The fraction of sp³-hybridized carbons (Fsp3) is 0.308. The fourth-order valence-corrected chi connectivity index (χ4v) is 4.94. The molecule has 3 aromatic rings. The number of phenols is 1. The van der Waals surface area contributed by atoms with Crippen molar-refractivity contribution in [1.29, 1.82) is 0 Å². The summed E-state index contributed by atoms with van der Waals surface area (Å²) in [6.07, 6.45) is 1.79. The summed E-state index contributed by atoms with van der Waals surface area (Å²) in [7, 11) is 0. The third-order valence-electron chi connectivity index (χ3n) is 6.56. The van der Waals surface area contributed by atoms with Crippen LogP contribution in [0.2, 0.25) is 5.02 Å². The molecule has 2 fully saturated rings. The lowest BCUT2D eigenvalue weighted by atomic mass is 9.97. The first-order valence-corrected chi connectivity index (χ1v) is 12.0. The minimum atomic E-state index is -0.0278. The van der Waals surface area contributed by atoms with Crippen LogP contribution in [0.3, 0.4) is 0 Å². The first-order valence-electron chi connectivity index (χ1n) is 11.7.